The molecule has 0 fully saturated rings. The summed E-state index contributed by atoms with van der Waals surface area (Å²) in [5.74, 6) is -0.309. The summed E-state index contributed by atoms with van der Waals surface area (Å²) in [5, 5.41) is 2.51. The first-order valence-corrected chi connectivity index (χ1v) is 4.60. The average molecular weight is 267 g/mol. The van der Waals surface area contributed by atoms with E-state index >= 15 is 0 Å². The lowest BCUT2D eigenvalue weighted by molar-refractivity contribution is -0.117. The molecule has 0 spiro atoms. The Morgan fingerprint density at radius 3 is 2.29 bits per heavy atom. The number of carbonyl (C=O) groups excluding carboxylic acids is 1. The van der Waals surface area contributed by atoms with Gasteiger partial charge in [0.2, 0.25) is 5.91 Å². The molecule has 1 rings (SSSR count). The van der Waals surface area contributed by atoms with Crippen LogP contribution in [-0.2, 0) is 4.79 Å². The van der Waals surface area contributed by atoms with Crippen LogP contribution in [0.15, 0.2) is 24.3 Å². The van der Waals surface area contributed by atoms with Gasteiger partial charge >= 0.3 is 6.61 Å². The van der Waals surface area contributed by atoms with Gasteiger partial charge in [-0.25, -0.2) is 0 Å². The first-order chi connectivity index (χ1) is 7.49. The number of amides is 1. The summed E-state index contributed by atoms with van der Waals surface area (Å²) in [4.78, 5) is 11.2. The van der Waals surface area contributed by atoms with Crippen LogP contribution in [0.5, 0.6) is 5.75 Å². The number of ether oxygens (including phenoxy) is 1. The van der Waals surface area contributed by atoms with Crippen molar-refractivity contribution in [3.8, 4) is 5.75 Å². The highest BCUT2D eigenvalue weighted by Crippen LogP contribution is 2.17. The Morgan fingerprint density at radius 1 is 1.35 bits per heavy atom. The number of nitrogens with two attached hydrogens (primary N) is 1. The maximum absolute atomic E-state index is 11.8. The van der Waals surface area contributed by atoms with Crippen molar-refractivity contribution in [2.45, 2.75) is 19.6 Å². The van der Waals surface area contributed by atoms with Gasteiger partial charge in [0, 0.05) is 5.69 Å². The number of halogens is 3. The zero-order valence-electron chi connectivity index (χ0n) is 9.02. The maximum Gasteiger partial charge on any atom is 0.387 e. The van der Waals surface area contributed by atoms with E-state index in [1.807, 2.05) is 0 Å². The largest absolute Gasteiger partial charge is 0.435 e. The van der Waals surface area contributed by atoms with Gasteiger partial charge in [0.1, 0.15) is 5.75 Å². The third-order valence-electron chi connectivity index (χ3n) is 1.76. The van der Waals surface area contributed by atoms with Gasteiger partial charge in [0.15, 0.2) is 0 Å². The van der Waals surface area contributed by atoms with Crippen LogP contribution >= 0.6 is 12.4 Å². The molecule has 0 bridgehead atoms. The number of carbonyl (C=O) groups is 1. The number of hydrogen-bond donors (Lipinski definition) is 2. The number of hydrogen-bond acceptors (Lipinski definition) is 3. The third kappa shape index (κ3) is 5.46. The SMILES string of the molecule is C[C@@H](N)C(=O)Nc1ccc(OC(F)F)cc1.Cl. The summed E-state index contributed by atoms with van der Waals surface area (Å²) in [5.41, 5.74) is 5.82. The molecule has 0 saturated heterocycles. The molecule has 0 heterocycles. The van der Waals surface area contributed by atoms with Crippen molar-refractivity contribution < 1.29 is 18.3 Å². The molecule has 4 nitrogen and oxygen atoms in total. The third-order valence-corrected chi connectivity index (χ3v) is 1.76. The minimum atomic E-state index is -2.86. The molecule has 1 aromatic carbocycles. The fraction of sp³-hybridized carbons (Fsp3) is 0.300. The highest BCUT2D eigenvalue weighted by atomic mass is 35.5. The van der Waals surface area contributed by atoms with E-state index in [4.69, 9.17) is 5.73 Å². The molecule has 1 aromatic rings. The first kappa shape index (κ1) is 15.6. The molecule has 0 aromatic heterocycles. The Balaban J connectivity index is 0.00000256. The predicted molar refractivity (Wildman–Crippen MR) is 62.6 cm³/mol. The van der Waals surface area contributed by atoms with Crippen LogP contribution in [0, 0.1) is 0 Å². The van der Waals surface area contributed by atoms with Crippen LogP contribution in [0.25, 0.3) is 0 Å². The quantitative estimate of drug-likeness (QED) is 0.876. The number of benzene rings is 1. The lowest BCUT2D eigenvalue weighted by Gasteiger charge is -2.08. The molecule has 0 aliphatic rings. The van der Waals surface area contributed by atoms with E-state index in [-0.39, 0.29) is 24.1 Å². The Kier molecular flexibility index (Phi) is 6.45. The molecule has 1 amide bonds. The fourth-order valence-electron chi connectivity index (χ4n) is 0.976. The summed E-state index contributed by atoms with van der Waals surface area (Å²) in [6.07, 6.45) is 0. The van der Waals surface area contributed by atoms with Crippen LogP contribution in [-0.4, -0.2) is 18.6 Å². The molecule has 0 aliphatic heterocycles. The second kappa shape index (κ2) is 7.03. The Morgan fingerprint density at radius 2 is 1.88 bits per heavy atom. The Labute approximate surface area is 104 Å². The van der Waals surface area contributed by atoms with Crippen LogP contribution in [0.4, 0.5) is 14.5 Å². The Bertz CT molecular complexity index is 358. The normalized spacial score (nSPS) is 11.6. The van der Waals surface area contributed by atoms with Gasteiger partial charge in [-0.1, -0.05) is 0 Å². The van der Waals surface area contributed by atoms with E-state index in [1.54, 1.807) is 6.92 Å². The molecule has 17 heavy (non-hydrogen) atoms. The van der Waals surface area contributed by atoms with E-state index in [0.717, 1.165) is 0 Å². The summed E-state index contributed by atoms with van der Waals surface area (Å²) in [7, 11) is 0. The molecule has 0 saturated carbocycles. The highest BCUT2D eigenvalue weighted by Gasteiger charge is 2.08. The molecule has 0 unspecified atom stereocenters. The number of rotatable bonds is 4. The van der Waals surface area contributed by atoms with Crippen LogP contribution in [0.1, 0.15) is 6.92 Å². The molecule has 0 radical (unpaired) electrons. The zero-order chi connectivity index (χ0) is 12.1. The standard InChI is InChI=1S/C10H12F2N2O2.ClH/c1-6(13)9(15)14-7-2-4-8(5-3-7)16-10(11)12;/h2-6,10H,13H2,1H3,(H,14,15);1H/t6-;/m1./s1. The van der Waals surface area contributed by atoms with Crippen molar-refractivity contribution in [1.29, 1.82) is 0 Å². The molecule has 7 heteroatoms. The molecule has 0 aliphatic carbocycles. The topological polar surface area (TPSA) is 64.4 Å². The van der Waals surface area contributed by atoms with Crippen molar-refractivity contribution in [2.24, 2.45) is 5.73 Å². The van der Waals surface area contributed by atoms with Gasteiger partial charge in [-0.05, 0) is 31.2 Å². The zero-order valence-corrected chi connectivity index (χ0v) is 9.84. The lowest BCUT2D eigenvalue weighted by Crippen LogP contribution is -2.32. The predicted octanol–water partition coefficient (Wildman–Crippen LogP) is 2.00. The minimum Gasteiger partial charge on any atom is -0.435 e. The van der Waals surface area contributed by atoms with Crippen molar-refractivity contribution in [1.82, 2.24) is 0 Å². The van der Waals surface area contributed by atoms with Gasteiger partial charge < -0.3 is 15.8 Å². The lowest BCUT2D eigenvalue weighted by atomic mass is 10.2. The first-order valence-electron chi connectivity index (χ1n) is 4.60. The second-order valence-electron chi connectivity index (χ2n) is 3.18. The van der Waals surface area contributed by atoms with Crippen LogP contribution in [0.2, 0.25) is 0 Å². The van der Waals surface area contributed by atoms with E-state index in [9.17, 15) is 13.6 Å². The van der Waals surface area contributed by atoms with Crippen LogP contribution in [0.3, 0.4) is 0 Å². The van der Waals surface area contributed by atoms with Gasteiger partial charge in [-0.15, -0.1) is 12.4 Å². The minimum absolute atomic E-state index is 0. The van der Waals surface area contributed by atoms with Crippen molar-refractivity contribution in [2.75, 3.05) is 5.32 Å². The monoisotopic (exact) mass is 266 g/mol. The van der Waals surface area contributed by atoms with Crippen molar-refractivity contribution >= 4 is 24.0 Å². The molecule has 3 N–H and O–H groups in total. The van der Waals surface area contributed by atoms with Crippen molar-refractivity contribution in [3.05, 3.63) is 24.3 Å². The molecular formula is C10H13ClF2N2O2. The van der Waals surface area contributed by atoms with Crippen molar-refractivity contribution in [3.63, 3.8) is 0 Å². The number of alkyl halides is 2. The van der Waals surface area contributed by atoms with E-state index in [1.165, 1.54) is 24.3 Å². The van der Waals surface area contributed by atoms with Gasteiger partial charge in [-0.3, -0.25) is 4.79 Å². The maximum atomic E-state index is 11.8. The summed E-state index contributed by atoms with van der Waals surface area (Å²) < 4.78 is 27.8. The summed E-state index contributed by atoms with van der Waals surface area (Å²) in [6.45, 7) is -1.31. The summed E-state index contributed by atoms with van der Waals surface area (Å²) >= 11 is 0. The fourth-order valence-corrected chi connectivity index (χ4v) is 0.976. The van der Waals surface area contributed by atoms with Gasteiger partial charge in [0.25, 0.3) is 0 Å². The average Bonchev–Trinajstić information content (AvgIpc) is 2.20. The van der Waals surface area contributed by atoms with E-state index in [0.29, 0.717) is 5.69 Å². The van der Waals surface area contributed by atoms with Gasteiger partial charge in [-0.2, -0.15) is 8.78 Å². The summed E-state index contributed by atoms with van der Waals surface area (Å²) in [6, 6.07) is 4.96. The highest BCUT2D eigenvalue weighted by molar-refractivity contribution is 5.94. The van der Waals surface area contributed by atoms with E-state index < -0.39 is 12.7 Å². The van der Waals surface area contributed by atoms with E-state index in [2.05, 4.69) is 10.1 Å². The smallest absolute Gasteiger partial charge is 0.387 e. The number of anilines is 1. The Hall–Kier alpha value is -1.40. The second-order valence-corrected chi connectivity index (χ2v) is 3.18. The molecule has 96 valence electrons. The van der Waals surface area contributed by atoms with Gasteiger partial charge in [0.05, 0.1) is 6.04 Å². The van der Waals surface area contributed by atoms with Crippen LogP contribution < -0.4 is 15.8 Å². The number of nitrogens with one attached hydrogen (secondary N) is 1. The molecular weight excluding hydrogens is 254 g/mol. The molecule has 1 atom stereocenters.